The van der Waals surface area contributed by atoms with Crippen LogP contribution in [0.4, 0.5) is 5.69 Å². The van der Waals surface area contributed by atoms with Crippen LogP contribution in [-0.2, 0) is 10.3 Å². The molecular weight excluding hydrogens is 202 g/mol. The van der Waals surface area contributed by atoms with Crippen molar-refractivity contribution in [2.24, 2.45) is 5.92 Å². The van der Waals surface area contributed by atoms with E-state index in [-0.39, 0.29) is 11.4 Å². The van der Waals surface area contributed by atoms with Crippen LogP contribution in [0.2, 0.25) is 0 Å². The number of carbonyl (C=O) groups is 1. The van der Waals surface area contributed by atoms with E-state index in [0.29, 0.717) is 12.3 Å². The van der Waals surface area contributed by atoms with Crippen LogP contribution in [0.25, 0.3) is 0 Å². The molecule has 0 unspecified atom stereocenters. The molecule has 0 spiro atoms. The number of aromatic nitrogens is 2. The van der Waals surface area contributed by atoms with E-state index in [1.807, 2.05) is 24.7 Å². The number of rotatable bonds is 3. The lowest BCUT2D eigenvalue weighted by Crippen LogP contribution is -2.22. The maximum Gasteiger partial charge on any atom is 0.224 e. The first-order valence-electron chi connectivity index (χ1n) is 5.64. The van der Waals surface area contributed by atoms with E-state index in [9.17, 15) is 4.79 Å². The van der Waals surface area contributed by atoms with Crippen molar-refractivity contribution < 1.29 is 4.79 Å². The van der Waals surface area contributed by atoms with Crippen molar-refractivity contribution in [3.05, 3.63) is 12.4 Å². The molecule has 0 aliphatic heterocycles. The molecule has 0 radical (unpaired) electrons. The molecule has 0 saturated carbocycles. The van der Waals surface area contributed by atoms with Crippen LogP contribution in [0, 0.1) is 5.92 Å². The number of hydrogen-bond acceptors (Lipinski definition) is 2. The Balaban J connectivity index is 2.62. The minimum atomic E-state index is -0.0545. The van der Waals surface area contributed by atoms with Crippen molar-refractivity contribution in [3.8, 4) is 0 Å². The van der Waals surface area contributed by atoms with E-state index in [1.165, 1.54) is 0 Å². The summed E-state index contributed by atoms with van der Waals surface area (Å²) in [5, 5.41) is 7.07. The summed E-state index contributed by atoms with van der Waals surface area (Å²) in [5.41, 5.74) is 0.710. The van der Waals surface area contributed by atoms with Crippen molar-refractivity contribution in [2.75, 3.05) is 5.32 Å². The number of anilines is 1. The molecule has 0 saturated heterocycles. The van der Waals surface area contributed by atoms with Gasteiger partial charge in [0.1, 0.15) is 0 Å². The van der Waals surface area contributed by atoms with E-state index in [0.717, 1.165) is 5.69 Å². The van der Waals surface area contributed by atoms with Gasteiger partial charge < -0.3 is 5.32 Å². The van der Waals surface area contributed by atoms with Gasteiger partial charge in [0.15, 0.2) is 0 Å². The van der Waals surface area contributed by atoms with E-state index >= 15 is 0 Å². The van der Waals surface area contributed by atoms with Crippen LogP contribution in [0.3, 0.4) is 0 Å². The molecule has 1 heterocycles. The van der Waals surface area contributed by atoms with Crippen LogP contribution < -0.4 is 5.32 Å². The SMILES string of the molecule is CC(C)CC(=O)Nc1cnn(C(C)(C)C)c1. The predicted molar refractivity (Wildman–Crippen MR) is 65.3 cm³/mol. The highest BCUT2D eigenvalue weighted by Crippen LogP contribution is 2.16. The van der Waals surface area contributed by atoms with Gasteiger partial charge in [-0.1, -0.05) is 13.8 Å². The monoisotopic (exact) mass is 223 g/mol. The van der Waals surface area contributed by atoms with Gasteiger partial charge in [-0.2, -0.15) is 5.10 Å². The summed E-state index contributed by atoms with van der Waals surface area (Å²) in [6, 6.07) is 0. The molecule has 4 heteroatoms. The van der Waals surface area contributed by atoms with Gasteiger partial charge in [-0.05, 0) is 26.7 Å². The second kappa shape index (κ2) is 4.68. The minimum absolute atomic E-state index is 0.0449. The maximum atomic E-state index is 11.5. The Morgan fingerprint density at radius 1 is 1.50 bits per heavy atom. The molecule has 0 aliphatic rings. The van der Waals surface area contributed by atoms with E-state index in [1.54, 1.807) is 6.20 Å². The second-order valence-electron chi connectivity index (χ2n) is 5.49. The minimum Gasteiger partial charge on any atom is -0.323 e. The zero-order valence-electron chi connectivity index (χ0n) is 10.7. The third kappa shape index (κ3) is 3.68. The van der Waals surface area contributed by atoms with Gasteiger partial charge in [0.2, 0.25) is 5.91 Å². The zero-order valence-corrected chi connectivity index (χ0v) is 10.7. The fourth-order valence-electron chi connectivity index (χ4n) is 1.34. The van der Waals surface area contributed by atoms with Crippen LogP contribution in [0.1, 0.15) is 41.0 Å². The molecule has 0 bridgehead atoms. The Bertz CT molecular complexity index is 361. The first-order valence-corrected chi connectivity index (χ1v) is 5.64. The van der Waals surface area contributed by atoms with Gasteiger partial charge >= 0.3 is 0 Å². The average Bonchev–Trinajstić information content (AvgIpc) is 2.49. The summed E-state index contributed by atoms with van der Waals surface area (Å²) in [7, 11) is 0. The van der Waals surface area contributed by atoms with E-state index in [4.69, 9.17) is 0 Å². The summed E-state index contributed by atoms with van der Waals surface area (Å²) in [6.45, 7) is 10.3. The number of amides is 1. The van der Waals surface area contributed by atoms with E-state index in [2.05, 4.69) is 31.2 Å². The molecule has 16 heavy (non-hydrogen) atoms. The molecule has 90 valence electrons. The summed E-state index contributed by atoms with van der Waals surface area (Å²) in [4.78, 5) is 11.5. The van der Waals surface area contributed by atoms with Gasteiger partial charge in [0.05, 0.1) is 17.4 Å². The molecule has 0 fully saturated rings. The van der Waals surface area contributed by atoms with Crippen LogP contribution in [0.15, 0.2) is 12.4 Å². The first kappa shape index (κ1) is 12.7. The predicted octanol–water partition coefficient (Wildman–Crippen LogP) is 2.62. The molecule has 0 aliphatic carbocycles. The number of nitrogens with zero attached hydrogens (tertiary/aromatic N) is 2. The molecule has 1 rings (SSSR count). The standard InChI is InChI=1S/C12H21N3O/c1-9(2)6-11(16)14-10-7-13-15(8-10)12(3,4)5/h7-9H,6H2,1-5H3,(H,14,16). The van der Waals surface area contributed by atoms with Crippen molar-refractivity contribution in [1.82, 2.24) is 9.78 Å². The molecule has 0 aromatic carbocycles. The van der Waals surface area contributed by atoms with Crippen LogP contribution in [-0.4, -0.2) is 15.7 Å². The van der Waals surface area contributed by atoms with Crippen LogP contribution in [0.5, 0.6) is 0 Å². The third-order valence-electron chi connectivity index (χ3n) is 2.15. The molecule has 0 atom stereocenters. The molecular formula is C12H21N3O. The summed E-state index contributed by atoms with van der Waals surface area (Å²) >= 11 is 0. The highest BCUT2D eigenvalue weighted by Gasteiger charge is 2.14. The summed E-state index contributed by atoms with van der Waals surface area (Å²) in [5.74, 6) is 0.418. The van der Waals surface area contributed by atoms with Crippen molar-refractivity contribution in [2.45, 2.75) is 46.6 Å². The smallest absolute Gasteiger partial charge is 0.224 e. The number of hydrogen-bond donors (Lipinski definition) is 1. The Morgan fingerprint density at radius 3 is 2.56 bits per heavy atom. The normalized spacial score (nSPS) is 11.9. The lowest BCUT2D eigenvalue weighted by Gasteiger charge is -2.18. The van der Waals surface area contributed by atoms with Gasteiger partial charge in [-0.15, -0.1) is 0 Å². The second-order valence-corrected chi connectivity index (χ2v) is 5.49. The third-order valence-corrected chi connectivity index (χ3v) is 2.15. The van der Waals surface area contributed by atoms with Gasteiger partial charge in [-0.3, -0.25) is 9.48 Å². The Kier molecular flexibility index (Phi) is 3.73. The highest BCUT2D eigenvalue weighted by atomic mass is 16.1. The lowest BCUT2D eigenvalue weighted by atomic mass is 10.1. The molecule has 1 amide bonds. The summed E-state index contributed by atoms with van der Waals surface area (Å²) < 4.78 is 1.85. The van der Waals surface area contributed by atoms with Crippen molar-refractivity contribution >= 4 is 11.6 Å². The topological polar surface area (TPSA) is 46.9 Å². The summed E-state index contributed by atoms with van der Waals surface area (Å²) in [6.07, 6.45) is 4.09. The molecule has 4 nitrogen and oxygen atoms in total. The molecule has 1 N–H and O–H groups in total. The fourth-order valence-corrected chi connectivity index (χ4v) is 1.34. The van der Waals surface area contributed by atoms with Crippen molar-refractivity contribution in [1.29, 1.82) is 0 Å². The fraction of sp³-hybridized carbons (Fsp3) is 0.667. The Hall–Kier alpha value is -1.32. The largest absolute Gasteiger partial charge is 0.323 e. The van der Waals surface area contributed by atoms with Crippen molar-refractivity contribution in [3.63, 3.8) is 0 Å². The van der Waals surface area contributed by atoms with Gasteiger partial charge in [0.25, 0.3) is 0 Å². The Labute approximate surface area is 97.0 Å². The Morgan fingerprint density at radius 2 is 2.12 bits per heavy atom. The first-order chi connectivity index (χ1) is 7.29. The number of carbonyl (C=O) groups excluding carboxylic acids is 1. The maximum absolute atomic E-state index is 11.5. The number of nitrogens with one attached hydrogen (secondary N) is 1. The van der Waals surface area contributed by atoms with E-state index < -0.39 is 0 Å². The zero-order chi connectivity index (χ0) is 12.3. The quantitative estimate of drug-likeness (QED) is 0.856. The van der Waals surface area contributed by atoms with Gasteiger partial charge in [-0.25, -0.2) is 0 Å². The lowest BCUT2D eigenvalue weighted by molar-refractivity contribution is -0.116. The molecule has 1 aromatic heterocycles. The van der Waals surface area contributed by atoms with Gasteiger partial charge in [0, 0.05) is 12.6 Å². The van der Waals surface area contributed by atoms with Crippen LogP contribution >= 0.6 is 0 Å². The highest BCUT2D eigenvalue weighted by molar-refractivity contribution is 5.90. The average molecular weight is 223 g/mol. The molecule has 1 aromatic rings.